The number of fused-ring (bicyclic) bond motifs is 8. The van der Waals surface area contributed by atoms with E-state index in [4.69, 9.17) is 0 Å². The van der Waals surface area contributed by atoms with Gasteiger partial charge in [0.2, 0.25) is 0 Å². The van der Waals surface area contributed by atoms with Crippen LogP contribution in [0, 0.1) is 25.2 Å². The minimum Gasteiger partial charge on any atom is -0.192 e. The maximum Gasteiger partial charge on any atom is 0.100 e. The van der Waals surface area contributed by atoms with E-state index < -0.39 is 0 Å². The van der Waals surface area contributed by atoms with E-state index in [2.05, 4.69) is 98.8 Å². The second-order valence-electron chi connectivity index (χ2n) is 9.80. The van der Waals surface area contributed by atoms with Gasteiger partial charge in [-0.2, -0.15) is 5.26 Å². The summed E-state index contributed by atoms with van der Waals surface area (Å²) in [6.07, 6.45) is 0. The highest BCUT2D eigenvalue weighted by atomic mass is 14.3. The highest BCUT2D eigenvalue weighted by Gasteiger charge is 2.21. The summed E-state index contributed by atoms with van der Waals surface area (Å²) in [6, 6.07) is 31.6. The van der Waals surface area contributed by atoms with Gasteiger partial charge in [-0.05, 0) is 102 Å². The third-order valence-electron chi connectivity index (χ3n) is 7.78. The summed E-state index contributed by atoms with van der Waals surface area (Å²) in [7, 11) is 0. The molecule has 8 aromatic rings. The van der Waals surface area contributed by atoms with Crippen LogP contribution in [0.4, 0.5) is 0 Å². The Balaban J connectivity index is 1.74. The van der Waals surface area contributed by atoms with Crippen LogP contribution in [0.1, 0.15) is 16.7 Å². The summed E-state index contributed by atoms with van der Waals surface area (Å²) in [5.41, 5.74) is 3.28. The predicted octanol–water partition coefficient (Wildman–Crippen LogP) is 9.12. The molecule has 0 atom stereocenters. The van der Waals surface area contributed by atoms with Crippen molar-refractivity contribution >= 4 is 75.4 Å². The lowest BCUT2D eigenvalue weighted by Gasteiger charge is -2.09. The van der Waals surface area contributed by atoms with Crippen LogP contribution in [-0.2, 0) is 0 Å². The first kappa shape index (κ1) is 18.1. The number of aryl methyl sites for hydroxylation is 2. The van der Waals surface area contributed by atoms with E-state index in [-0.39, 0.29) is 0 Å². The number of hydrogen-bond acceptors (Lipinski definition) is 1. The zero-order valence-corrected chi connectivity index (χ0v) is 19.0. The molecule has 1 nitrogen and oxygen atoms in total. The van der Waals surface area contributed by atoms with Gasteiger partial charge in [-0.3, -0.25) is 0 Å². The van der Waals surface area contributed by atoms with E-state index in [1.54, 1.807) is 0 Å². The second kappa shape index (κ2) is 5.93. The van der Waals surface area contributed by atoms with Crippen molar-refractivity contribution in [3.63, 3.8) is 0 Å². The first-order valence-corrected chi connectivity index (χ1v) is 11.8. The molecule has 0 radical (unpaired) electrons. The number of hydrogen-bond donors (Lipinski definition) is 0. The molecule has 156 valence electrons. The fourth-order valence-corrected chi connectivity index (χ4v) is 6.61. The third kappa shape index (κ3) is 2.01. The standard InChI is InChI=1S/C33H19N/c1-17-10-19-11-18(2)13-28-31(19)25(12-17)27-15-20-14-26-22-7-4-3-6-21(22)23-8-5-9-24(32(23)26)30(20)29(16-34)33(27)28/h3-15H,1-2H3. The Labute approximate surface area is 196 Å². The van der Waals surface area contributed by atoms with Crippen LogP contribution in [0.3, 0.4) is 0 Å². The molecule has 0 spiro atoms. The molecule has 0 aliphatic heterocycles. The van der Waals surface area contributed by atoms with Crippen LogP contribution in [-0.4, -0.2) is 0 Å². The lowest BCUT2D eigenvalue weighted by Crippen LogP contribution is -1.86. The number of nitrogens with zero attached hydrogens (tertiary/aromatic N) is 1. The van der Waals surface area contributed by atoms with Gasteiger partial charge in [-0.1, -0.05) is 66.7 Å². The second-order valence-corrected chi connectivity index (χ2v) is 9.80. The van der Waals surface area contributed by atoms with Crippen molar-refractivity contribution in [2.75, 3.05) is 0 Å². The molecule has 0 N–H and O–H groups in total. The average Bonchev–Trinajstić information content (AvgIpc) is 3.32. The minimum atomic E-state index is 0.799. The maximum absolute atomic E-state index is 10.6. The van der Waals surface area contributed by atoms with Crippen molar-refractivity contribution in [2.24, 2.45) is 0 Å². The quantitative estimate of drug-likeness (QED) is 0.220. The lowest BCUT2D eigenvalue weighted by atomic mass is 9.92. The maximum atomic E-state index is 10.6. The van der Waals surface area contributed by atoms with Crippen molar-refractivity contribution in [1.82, 2.24) is 0 Å². The molecule has 0 amide bonds. The van der Waals surface area contributed by atoms with Crippen molar-refractivity contribution in [1.29, 1.82) is 5.26 Å². The summed E-state index contributed by atoms with van der Waals surface area (Å²) in [4.78, 5) is 0. The smallest absolute Gasteiger partial charge is 0.100 e. The van der Waals surface area contributed by atoms with Crippen LogP contribution in [0.2, 0.25) is 0 Å². The SMILES string of the molecule is Cc1cc2cc(C)cc3c4c(C#N)c5c(cc4c(c1)c23)cc1c2ccccc2c2cccc5c21. The van der Waals surface area contributed by atoms with Crippen LogP contribution in [0.15, 0.2) is 78.9 Å². The van der Waals surface area contributed by atoms with E-state index in [1.165, 1.54) is 70.4 Å². The lowest BCUT2D eigenvalue weighted by molar-refractivity contribution is 1.50. The largest absolute Gasteiger partial charge is 0.192 e. The van der Waals surface area contributed by atoms with Crippen LogP contribution >= 0.6 is 0 Å². The Morgan fingerprint density at radius 1 is 0.471 bits per heavy atom. The molecule has 0 heterocycles. The van der Waals surface area contributed by atoms with Gasteiger partial charge in [-0.15, -0.1) is 0 Å². The summed E-state index contributed by atoms with van der Waals surface area (Å²) in [5, 5.41) is 27.7. The Kier molecular flexibility index (Phi) is 3.15. The van der Waals surface area contributed by atoms with E-state index in [0.29, 0.717) is 0 Å². The van der Waals surface area contributed by atoms with Gasteiger partial charge in [0.25, 0.3) is 0 Å². The normalized spacial score (nSPS) is 12.4. The zero-order chi connectivity index (χ0) is 22.7. The number of nitriles is 1. The number of rotatable bonds is 0. The number of benzene rings is 6. The fourth-order valence-electron chi connectivity index (χ4n) is 6.61. The van der Waals surface area contributed by atoms with E-state index in [0.717, 1.165) is 21.7 Å². The fraction of sp³-hybridized carbons (Fsp3) is 0.0606. The van der Waals surface area contributed by atoms with Crippen molar-refractivity contribution in [3.8, 4) is 6.07 Å². The molecule has 0 saturated carbocycles. The first-order chi connectivity index (χ1) is 16.6. The highest BCUT2D eigenvalue weighted by Crippen LogP contribution is 2.47. The topological polar surface area (TPSA) is 23.8 Å². The summed E-state index contributed by atoms with van der Waals surface area (Å²) < 4.78 is 0. The molecule has 34 heavy (non-hydrogen) atoms. The van der Waals surface area contributed by atoms with Gasteiger partial charge in [0.05, 0.1) is 5.56 Å². The minimum absolute atomic E-state index is 0.799. The van der Waals surface area contributed by atoms with Gasteiger partial charge in [0.1, 0.15) is 6.07 Å². The Morgan fingerprint density at radius 2 is 1.03 bits per heavy atom. The first-order valence-electron chi connectivity index (χ1n) is 11.8. The molecule has 8 rings (SSSR count). The van der Waals surface area contributed by atoms with Crippen LogP contribution < -0.4 is 0 Å². The Bertz CT molecular complexity index is 2190. The van der Waals surface area contributed by atoms with E-state index >= 15 is 0 Å². The van der Waals surface area contributed by atoms with Crippen molar-refractivity contribution in [2.45, 2.75) is 13.8 Å². The zero-order valence-electron chi connectivity index (χ0n) is 19.0. The van der Waals surface area contributed by atoms with Crippen LogP contribution in [0.25, 0.3) is 75.4 Å². The van der Waals surface area contributed by atoms with Crippen LogP contribution in [0.5, 0.6) is 0 Å². The molecular formula is C33H19N. The molecule has 0 fully saturated rings. The molecule has 0 aliphatic rings. The molecule has 0 unspecified atom stereocenters. The molecule has 0 bridgehead atoms. The summed E-state index contributed by atoms with van der Waals surface area (Å²) in [5.74, 6) is 0. The predicted molar refractivity (Wildman–Crippen MR) is 146 cm³/mol. The van der Waals surface area contributed by atoms with Gasteiger partial charge >= 0.3 is 0 Å². The Morgan fingerprint density at radius 3 is 1.76 bits per heavy atom. The molecular weight excluding hydrogens is 410 g/mol. The summed E-state index contributed by atoms with van der Waals surface area (Å²) >= 11 is 0. The van der Waals surface area contributed by atoms with Gasteiger partial charge in [0.15, 0.2) is 0 Å². The van der Waals surface area contributed by atoms with Crippen molar-refractivity contribution in [3.05, 3.63) is 95.6 Å². The van der Waals surface area contributed by atoms with E-state index in [1.807, 2.05) is 0 Å². The third-order valence-corrected chi connectivity index (χ3v) is 7.78. The molecule has 0 aliphatic carbocycles. The van der Waals surface area contributed by atoms with Gasteiger partial charge in [0, 0.05) is 10.8 Å². The molecule has 0 aromatic heterocycles. The molecule has 1 heteroatoms. The monoisotopic (exact) mass is 429 g/mol. The molecule has 8 aromatic carbocycles. The van der Waals surface area contributed by atoms with Crippen molar-refractivity contribution < 1.29 is 0 Å². The highest BCUT2D eigenvalue weighted by molar-refractivity contribution is 6.39. The average molecular weight is 430 g/mol. The Hall–Kier alpha value is -4.41. The molecule has 0 saturated heterocycles. The summed E-state index contributed by atoms with van der Waals surface area (Å²) in [6.45, 7) is 4.31. The van der Waals surface area contributed by atoms with Gasteiger partial charge < -0.3 is 0 Å². The van der Waals surface area contributed by atoms with Gasteiger partial charge in [-0.25, -0.2) is 0 Å². The van der Waals surface area contributed by atoms with E-state index in [9.17, 15) is 5.26 Å².